The Labute approximate surface area is 195 Å². The van der Waals surface area contributed by atoms with Gasteiger partial charge in [0.2, 0.25) is 0 Å². The molecule has 0 spiro atoms. The fourth-order valence-corrected chi connectivity index (χ4v) is 4.63. The quantitative estimate of drug-likeness (QED) is 0.413. The van der Waals surface area contributed by atoms with Crippen LogP contribution in [0.25, 0.3) is 0 Å². The average Bonchev–Trinajstić information content (AvgIpc) is 2.73. The second kappa shape index (κ2) is 9.70. The van der Waals surface area contributed by atoms with Crippen LogP contribution in [0.3, 0.4) is 0 Å². The Morgan fingerprint density at radius 3 is 2.25 bits per heavy atom. The summed E-state index contributed by atoms with van der Waals surface area (Å²) in [5, 5.41) is 3.01. The molecular formula is C22H19Cl2N3O4S. The van der Waals surface area contributed by atoms with E-state index in [1.54, 1.807) is 18.2 Å². The summed E-state index contributed by atoms with van der Waals surface area (Å²) in [5.41, 5.74) is 7.11. The molecule has 0 bridgehead atoms. The van der Waals surface area contributed by atoms with E-state index in [0.717, 1.165) is 0 Å². The number of hydrogen-bond donors (Lipinski definition) is 3. The molecule has 0 saturated heterocycles. The molecule has 0 aliphatic rings. The van der Waals surface area contributed by atoms with Crippen LogP contribution in [-0.2, 0) is 16.6 Å². The number of nitrogens with two attached hydrogens (primary N) is 1. The van der Waals surface area contributed by atoms with Gasteiger partial charge < -0.3 is 11.1 Å². The highest BCUT2D eigenvalue weighted by Gasteiger charge is 2.19. The van der Waals surface area contributed by atoms with Crippen LogP contribution >= 0.6 is 23.2 Å². The Morgan fingerprint density at radius 1 is 0.969 bits per heavy atom. The molecule has 0 aromatic heterocycles. The van der Waals surface area contributed by atoms with Gasteiger partial charge in [0, 0.05) is 17.8 Å². The highest BCUT2D eigenvalue weighted by atomic mass is 35.5. The minimum absolute atomic E-state index is 0.0515. The van der Waals surface area contributed by atoms with Gasteiger partial charge in [0.1, 0.15) is 0 Å². The number of Topliss-reactive ketones (excluding diaryl/α,β-unsaturated/α-hetero) is 1. The maximum atomic E-state index is 12.9. The average molecular weight is 492 g/mol. The number of anilines is 2. The Morgan fingerprint density at radius 2 is 1.62 bits per heavy atom. The molecule has 3 rings (SSSR count). The van der Waals surface area contributed by atoms with Crippen LogP contribution in [0.4, 0.5) is 11.4 Å². The summed E-state index contributed by atoms with van der Waals surface area (Å²) in [6, 6.07) is 15.0. The highest BCUT2D eigenvalue weighted by molar-refractivity contribution is 7.92. The maximum absolute atomic E-state index is 12.9. The molecule has 0 aliphatic carbocycles. The summed E-state index contributed by atoms with van der Waals surface area (Å²) in [5.74, 6) is -0.809. The molecule has 32 heavy (non-hydrogen) atoms. The van der Waals surface area contributed by atoms with E-state index in [1.807, 2.05) is 0 Å². The van der Waals surface area contributed by atoms with Gasteiger partial charge in [0.15, 0.2) is 5.78 Å². The van der Waals surface area contributed by atoms with E-state index < -0.39 is 15.9 Å². The van der Waals surface area contributed by atoms with Crippen LogP contribution in [-0.4, -0.2) is 20.1 Å². The number of hydrogen-bond acceptors (Lipinski definition) is 5. The lowest BCUT2D eigenvalue weighted by Gasteiger charge is -2.15. The van der Waals surface area contributed by atoms with Crippen molar-refractivity contribution in [2.24, 2.45) is 5.73 Å². The molecule has 0 fully saturated rings. The van der Waals surface area contributed by atoms with Gasteiger partial charge >= 0.3 is 0 Å². The zero-order chi connectivity index (χ0) is 23.5. The summed E-state index contributed by atoms with van der Waals surface area (Å²) in [6.45, 7) is 1.40. The van der Waals surface area contributed by atoms with Gasteiger partial charge in [-0.1, -0.05) is 47.5 Å². The Bertz CT molecular complexity index is 1290. The van der Waals surface area contributed by atoms with E-state index in [9.17, 15) is 18.0 Å². The zero-order valence-corrected chi connectivity index (χ0v) is 19.2. The third kappa shape index (κ3) is 5.28. The van der Waals surface area contributed by atoms with Crippen LogP contribution in [0, 0.1) is 0 Å². The third-order valence-electron chi connectivity index (χ3n) is 4.57. The van der Waals surface area contributed by atoms with Crippen molar-refractivity contribution in [1.82, 2.24) is 0 Å². The predicted octanol–water partition coefficient (Wildman–Crippen LogP) is 4.71. The van der Waals surface area contributed by atoms with E-state index >= 15 is 0 Å². The molecule has 4 N–H and O–H groups in total. The third-order valence-corrected chi connectivity index (χ3v) is 6.57. The summed E-state index contributed by atoms with van der Waals surface area (Å²) in [7, 11) is -4.03. The van der Waals surface area contributed by atoms with Crippen molar-refractivity contribution in [3.8, 4) is 0 Å². The van der Waals surface area contributed by atoms with Crippen molar-refractivity contribution in [2.45, 2.75) is 18.4 Å². The van der Waals surface area contributed by atoms with E-state index in [4.69, 9.17) is 28.9 Å². The number of ketones is 1. The molecule has 0 aliphatic heterocycles. The molecule has 7 nitrogen and oxygen atoms in total. The van der Waals surface area contributed by atoms with Gasteiger partial charge in [-0.05, 0) is 48.9 Å². The topological polar surface area (TPSA) is 118 Å². The SMILES string of the molecule is CC(=O)c1cccc(S(=O)(=O)Nc2cc(NC(=O)c3c(Cl)cccc3Cl)ccc2CN)c1. The number of rotatable bonds is 7. The number of carbonyl (C=O) groups excluding carboxylic acids is 2. The molecular weight excluding hydrogens is 473 g/mol. The van der Waals surface area contributed by atoms with E-state index in [-0.39, 0.29) is 44.1 Å². The van der Waals surface area contributed by atoms with Gasteiger partial charge in [-0.15, -0.1) is 0 Å². The molecule has 3 aromatic rings. The molecule has 10 heteroatoms. The Balaban J connectivity index is 1.92. The fourth-order valence-electron chi connectivity index (χ4n) is 2.92. The number of sulfonamides is 1. The fraction of sp³-hybridized carbons (Fsp3) is 0.0909. The van der Waals surface area contributed by atoms with Crippen LogP contribution in [0.2, 0.25) is 10.0 Å². The van der Waals surface area contributed by atoms with Crippen molar-refractivity contribution < 1.29 is 18.0 Å². The lowest BCUT2D eigenvalue weighted by atomic mass is 10.1. The van der Waals surface area contributed by atoms with Gasteiger partial charge in [-0.2, -0.15) is 0 Å². The van der Waals surface area contributed by atoms with Crippen LogP contribution in [0.15, 0.2) is 65.6 Å². The second-order valence-electron chi connectivity index (χ2n) is 6.82. The minimum Gasteiger partial charge on any atom is -0.326 e. The van der Waals surface area contributed by atoms with Crippen LogP contribution in [0.5, 0.6) is 0 Å². The molecule has 1 amide bonds. The first kappa shape index (κ1) is 23.7. The van der Waals surface area contributed by atoms with Gasteiger partial charge in [0.05, 0.1) is 26.2 Å². The van der Waals surface area contributed by atoms with E-state index in [1.165, 1.54) is 49.4 Å². The highest BCUT2D eigenvalue weighted by Crippen LogP contribution is 2.28. The standard InChI is InChI=1S/C22H19Cl2N3O4S/c1-13(28)14-4-2-5-17(10-14)32(30,31)27-20-11-16(9-8-15(20)12-25)26-22(29)21-18(23)6-3-7-19(21)24/h2-11,27H,12,25H2,1H3,(H,26,29). The summed E-state index contributed by atoms with van der Waals surface area (Å²) in [4.78, 5) is 24.2. The van der Waals surface area contributed by atoms with Crippen molar-refractivity contribution in [3.05, 3.63) is 87.4 Å². The normalized spacial score (nSPS) is 11.1. The second-order valence-corrected chi connectivity index (χ2v) is 9.31. The van der Waals surface area contributed by atoms with Crippen molar-refractivity contribution in [2.75, 3.05) is 10.0 Å². The monoisotopic (exact) mass is 491 g/mol. The largest absolute Gasteiger partial charge is 0.326 e. The molecule has 0 radical (unpaired) electrons. The van der Waals surface area contributed by atoms with Gasteiger partial charge in [-0.3, -0.25) is 14.3 Å². The van der Waals surface area contributed by atoms with E-state index in [2.05, 4.69) is 10.0 Å². The number of nitrogens with one attached hydrogen (secondary N) is 2. The molecule has 0 unspecified atom stereocenters. The number of halogens is 2. The van der Waals surface area contributed by atoms with Gasteiger partial charge in [-0.25, -0.2) is 8.42 Å². The van der Waals surface area contributed by atoms with E-state index in [0.29, 0.717) is 11.3 Å². The molecule has 0 atom stereocenters. The zero-order valence-electron chi connectivity index (χ0n) is 16.9. The first-order chi connectivity index (χ1) is 15.1. The van der Waals surface area contributed by atoms with Crippen LogP contribution < -0.4 is 15.8 Å². The summed E-state index contributed by atoms with van der Waals surface area (Å²) in [6.07, 6.45) is 0. The lowest BCUT2D eigenvalue weighted by molar-refractivity contribution is 0.101. The Kier molecular flexibility index (Phi) is 7.20. The number of carbonyl (C=O) groups is 2. The molecule has 3 aromatic carbocycles. The minimum atomic E-state index is -4.03. The smallest absolute Gasteiger partial charge is 0.261 e. The van der Waals surface area contributed by atoms with Crippen molar-refractivity contribution >= 4 is 56.3 Å². The summed E-state index contributed by atoms with van der Waals surface area (Å²) < 4.78 is 28.3. The van der Waals surface area contributed by atoms with Crippen LogP contribution in [0.1, 0.15) is 33.2 Å². The molecule has 0 saturated carbocycles. The molecule has 0 heterocycles. The first-order valence-corrected chi connectivity index (χ1v) is 11.6. The first-order valence-electron chi connectivity index (χ1n) is 9.34. The number of amides is 1. The lowest BCUT2D eigenvalue weighted by Crippen LogP contribution is -2.17. The Hall–Kier alpha value is -2.91. The van der Waals surface area contributed by atoms with Crippen molar-refractivity contribution in [1.29, 1.82) is 0 Å². The van der Waals surface area contributed by atoms with Crippen molar-refractivity contribution in [3.63, 3.8) is 0 Å². The molecule has 166 valence electrons. The summed E-state index contributed by atoms with van der Waals surface area (Å²) >= 11 is 12.2. The van der Waals surface area contributed by atoms with Gasteiger partial charge in [0.25, 0.3) is 15.9 Å². The maximum Gasteiger partial charge on any atom is 0.261 e. The predicted molar refractivity (Wildman–Crippen MR) is 126 cm³/mol. The number of benzene rings is 3.